The third-order valence-electron chi connectivity index (χ3n) is 3.32. The molecule has 21 heavy (non-hydrogen) atoms. The highest BCUT2D eigenvalue weighted by Crippen LogP contribution is 2.25. The van der Waals surface area contributed by atoms with Crippen molar-refractivity contribution in [3.05, 3.63) is 15.8 Å². The van der Waals surface area contributed by atoms with Crippen LogP contribution >= 0.6 is 11.3 Å². The summed E-state index contributed by atoms with van der Waals surface area (Å²) in [6.45, 7) is 4.58. The summed E-state index contributed by atoms with van der Waals surface area (Å²) >= 11 is 1.46. The fraction of sp³-hybridized carbons (Fsp3) is 0.692. The lowest BCUT2D eigenvalue weighted by Gasteiger charge is -2.31. The third kappa shape index (κ3) is 4.24. The Labute approximate surface area is 129 Å². The molecule has 0 unspecified atom stereocenters. The monoisotopic (exact) mass is 335 g/mol. The van der Waals surface area contributed by atoms with E-state index in [1.807, 2.05) is 6.92 Å². The number of rotatable bonds is 6. The lowest BCUT2D eigenvalue weighted by atomic mass is 10.1. The van der Waals surface area contributed by atoms with Gasteiger partial charge >= 0.3 is 0 Å². The largest absolute Gasteiger partial charge is 0.394 e. The molecule has 1 aromatic rings. The standard InChI is InChI=1S/C13H21NO5S2/c1-9-7-13(10(2)20-9)21(16,17)14-11-3-5-18-8-12(11)19-6-4-15/h7,11-12,14-15H,3-6,8H2,1-2H3/t11-,12-/m1/s1. The van der Waals surface area contributed by atoms with Gasteiger partial charge in [0.25, 0.3) is 0 Å². The Morgan fingerprint density at radius 1 is 1.52 bits per heavy atom. The fourth-order valence-corrected chi connectivity index (χ4v) is 5.21. The van der Waals surface area contributed by atoms with Crippen LogP contribution in [0.15, 0.2) is 11.0 Å². The van der Waals surface area contributed by atoms with Crippen molar-refractivity contribution in [1.82, 2.24) is 4.72 Å². The Morgan fingerprint density at radius 2 is 2.29 bits per heavy atom. The number of aryl methyl sites for hydroxylation is 2. The number of sulfonamides is 1. The fourth-order valence-electron chi connectivity index (χ4n) is 2.35. The summed E-state index contributed by atoms with van der Waals surface area (Å²) in [7, 11) is -3.57. The highest BCUT2D eigenvalue weighted by molar-refractivity contribution is 7.89. The topological polar surface area (TPSA) is 84.9 Å². The van der Waals surface area contributed by atoms with Gasteiger partial charge < -0.3 is 14.6 Å². The zero-order valence-electron chi connectivity index (χ0n) is 12.2. The summed E-state index contributed by atoms with van der Waals surface area (Å²) < 4.78 is 38.5. The number of aliphatic hydroxyl groups excluding tert-OH is 1. The normalized spacial score (nSPS) is 23.4. The van der Waals surface area contributed by atoms with Crippen LogP contribution < -0.4 is 4.72 Å². The van der Waals surface area contributed by atoms with E-state index < -0.39 is 10.0 Å². The molecule has 2 heterocycles. The van der Waals surface area contributed by atoms with E-state index >= 15 is 0 Å². The quantitative estimate of drug-likeness (QED) is 0.804. The molecule has 0 bridgehead atoms. The Balaban J connectivity index is 2.12. The molecule has 1 aliphatic rings. The average molecular weight is 335 g/mol. The molecule has 0 aliphatic carbocycles. The first-order valence-corrected chi connectivity index (χ1v) is 9.13. The van der Waals surface area contributed by atoms with Crippen molar-refractivity contribution < 1.29 is 23.0 Å². The number of thiophene rings is 1. The van der Waals surface area contributed by atoms with Gasteiger partial charge in [-0.25, -0.2) is 13.1 Å². The second-order valence-electron chi connectivity index (χ2n) is 5.00. The van der Waals surface area contributed by atoms with Gasteiger partial charge in [-0.3, -0.25) is 0 Å². The number of ether oxygens (including phenoxy) is 2. The maximum absolute atomic E-state index is 12.5. The van der Waals surface area contributed by atoms with Gasteiger partial charge in [-0.15, -0.1) is 11.3 Å². The van der Waals surface area contributed by atoms with Crippen LogP contribution in [0.2, 0.25) is 0 Å². The van der Waals surface area contributed by atoms with Gasteiger partial charge in [0, 0.05) is 16.4 Å². The predicted molar refractivity (Wildman–Crippen MR) is 80.2 cm³/mol. The molecule has 8 heteroatoms. The zero-order valence-corrected chi connectivity index (χ0v) is 13.8. The number of hydrogen-bond donors (Lipinski definition) is 2. The SMILES string of the molecule is Cc1cc(S(=O)(=O)N[C@@H]2CCOC[C@H]2OCCO)c(C)s1. The first-order chi connectivity index (χ1) is 9.94. The smallest absolute Gasteiger partial charge is 0.242 e. The molecule has 2 rings (SSSR count). The van der Waals surface area contributed by atoms with Gasteiger partial charge in [-0.1, -0.05) is 0 Å². The van der Waals surface area contributed by atoms with Crippen LogP contribution in [0.5, 0.6) is 0 Å². The molecule has 2 N–H and O–H groups in total. The molecular weight excluding hydrogens is 314 g/mol. The molecule has 1 aliphatic heterocycles. The van der Waals surface area contributed by atoms with Gasteiger partial charge in [0.1, 0.15) is 0 Å². The maximum atomic E-state index is 12.5. The van der Waals surface area contributed by atoms with Gasteiger partial charge in [-0.05, 0) is 26.3 Å². The van der Waals surface area contributed by atoms with E-state index in [1.165, 1.54) is 11.3 Å². The van der Waals surface area contributed by atoms with Gasteiger partial charge in [0.15, 0.2) is 0 Å². The highest BCUT2D eigenvalue weighted by Gasteiger charge is 2.31. The Kier molecular flexibility index (Phi) is 5.75. The number of nitrogens with one attached hydrogen (secondary N) is 1. The van der Waals surface area contributed by atoms with E-state index in [4.69, 9.17) is 14.6 Å². The minimum atomic E-state index is -3.57. The predicted octanol–water partition coefficient (Wildman–Crippen LogP) is 0.810. The lowest BCUT2D eigenvalue weighted by molar-refractivity contribution is -0.0714. The first kappa shape index (κ1) is 16.9. The van der Waals surface area contributed by atoms with Crippen molar-refractivity contribution in [2.45, 2.75) is 37.3 Å². The van der Waals surface area contributed by atoms with Crippen LogP contribution in [0, 0.1) is 13.8 Å². The minimum Gasteiger partial charge on any atom is -0.394 e. The van der Waals surface area contributed by atoms with E-state index in [0.29, 0.717) is 24.5 Å². The van der Waals surface area contributed by atoms with Crippen molar-refractivity contribution in [2.24, 2.45) is 0 Å². The van der Waals surface area contributed by atoms with Gasteiger partial charge in [0.05, 0.1) is 36.9 Å². The van der Waals surface area contributed by atoms with Crippen LogP contribution in [0.3, 0.4) is 0 Å². The summed E-state index contributed by atoms with van der Waals surface area (Å²) in [6, 6.07) is 1.35. The second kappa shape index (κ2) is 7.17. The molecule has 0 aromatic carbocycles. The van der Waals surface area contributed by atoms with Crippen molar-refractivity contribution >= 4 is 21.4 Å². The Bertz CT molecular complexity index is 569. The molecule has 0 saturated carbocycles. The van der Waals surface area contributed by atoms with Crippen molar-refractivity contribution in [1.29, 1.82) is 0 Å². The minimum absolute atomic E-state index is 0.0984. The van der Waals surface area contributed by atoms with Crippen LogP contribution in [0.4, 0.5) is 0 Å². The summed E-state index contributed by atoms with van der Waals surface area (Å²) in [6.07, 6.45) is 0.179. The van der Waals surface area contributed by atoms with E-state index in [2.05, 4.69) is 4.72 Å². The molecule has 0 radical (unpaired) electrons. The first-order valence-electron chi connectivity index (χ1n) is 6.83. The molecule has 6 nitrogen and oxygen atoms in total. The summed E-state index contributed by atoms with van der Waals surface area (Å²) in [5.74, 6) is 0. The Morgan fingerprint density at radius 3 is 2.90 bits per heavy atom. The summed E-state index contributed by atoms with van der Waals surface area (Å²) in [5, 5.41) is 8.83. The van der Waals surface area contributed by atoms with E-state index in [9.17, 15) is 8.42 Å². The Hall–Kier alpha value is -0.510. The highest BCUT2D eigenvalue weighted by atomic mass is 32.2. The second-order valence-corrected chi connectivity index (χ2v) is 8.14. The number of hydrogen-bond acceptors (Lipinski definition) is 6. The molecule has 1 saturated heterocycles. The number of aliphatic hydroxyl groups is 1. The molecule has 1 fully saturated rings. The van der Waals surface area contributed by atoms with Crippen molar-refractivity contribution in [3.63, 3.8) is 0 Å². The zero-order chi connectivity index (χ0) is 15.5. The lowest BCUT2D eigenvalue weighted by Crippen LogP contribution is -2.50. The molecule has 120 valence electrons. The van der Waals surface area contributed by atoms with E-state index in [0.717, 1.165) is 9.75 Å². The van der Waals surface area contributed by atoms with Crippen LogP contribution in [0.1, 0.15) is 16.2 Å². The average Bonchev–Trinajstić information content (AvgIpc) is 2.77. The summed E-state index contributed by atoms with van der Waals surface area (Å²) in [4.78, 5) is 2.07. The van der Waals surface area contributed by atoms with Crippen LogP contribution in [-0.4, -0.2) is 52.1 Å². The van der Waals surface area contributed by atoms with E-state index in [-0.39, 0.29) is 25.4 Å². The maximum Gasteiger partial charge on any atom is 0.242 e. The van der Waals surface area contributed by atoms with E-state index in [1.54, 1.807) is 13.0 Å². The van der Waals surface area contributed by atoms with Crippen LogP contribution in [0.25, 0.3) is 0 Å². The molecule has 2 atom stereocenters. The van der Waals surface area contributed by atoms with Crippen molar-refractivity contribution in [3.8, 4) is 0 Å². The third-order valence-corrected chi connectivity index (χ3v) is 6.03. The van der Waals surface area contributed by atoms with Crippen LogP contribution in [-0.2, 0) is 19.5 Å². The summed E-state index contributed by atoms with van der Waals surface area (Å²) in [5.41, 5.74) is 0. The van der Waals surface area contributed by atoms with Gasteiger partial charge in [-0.2, -0.15) is 0 Å². The molecule has 0 amide bonds. The molecular formula is C13H21NO5S2. The van der Waals surface area contributed by atoms with Crippen molar-refractivity contribution in [2.75, 3.05) is 26.4 Å². The molecule has 0 spiro atoms. The van der Waals surface area contributed by atoms with Gasteiger partial charge in [0.2, 0.25) is 10.0 Å². The molecule has 1 aromatic heterocycles.